The van der Waals surface area contributed by atoms with Crippen molar-refractivity contribution in [3.63, 3.8) is 0 Å². The van der Waals surface area contributed by atoms with Crippen LogP contribution < -0.4 is 4.74 Å². The number of methoxy groups -OCH3 is 1. The minimum atomic E-state index is 0.345. The summed E-state index contributed by atoms with van der Waals surface area (Å²) in [5, 5.41) is 5.68. The topological polar surface area (TPSA) is 80.6 Å². The van der Waals surface area contributed by atoms with Gasteiger partial charge in [-0.05, 0) is 55.7 Å². The second-order valence-corrected chi connectivity index (χ2v) is 10.6. The van der Waals surface area contributed by atoms with Gasteiger partial charge in [0, 0.05) is 47.9 Å². The third-order valence-electron chi connectivity index (χ3n) is 8.23. The molecule has 190 valence electrons. The van der Waals surface area contributed by atoms with Gasteiger partial charge >= 0.3 is 0 Å². The molecule has 0 radical (unpaired) electrons. The van der Waals surface area contributed by atoms with Crippen molar-refractivity contribution >= 4 is 16.6 Å². The summed E-state index contributed by atoms with van der Waals surface area (Å²) in [6, 6.07) is 2.75. The van der Waals surface area contributed by atoms with Gasteiger partial charge in [-0.3, -0.25) is 9.88 Å². The molecule has 1 saturated heterocycles. The average molecular weight is 489 g/mol. The molecule has 2 aliphatic rings. The van der Waals surface area contributed by atoms with Gasteiger partial charge in [0.25, 0.3) is 0 Å². The first-order valence-corrected chi connectivity index (χ1v) is 13.3. The van der Waals surface area contributed by atoms with Crippen molar-refractivity contribution in [2.75, 3.05) is 33.4 Å². The molecule has 8 nitrogen and oxygen atoms in total. The number of fused-ring (bicyclic) bond motifs is 2. The van der Waals surface area contributed by atoms with Gasteiger partial charge in [-0.1, -0.05) is 13.8 Å². The van der Waals surface area contributed by atoms with E-state index in [1.165, 1.54) is 47.9 Å². The highest BCUT2D eigenvalue weighted by Gasteiger charge is 2.30. The molecule has 0 bridgehead atoms. The summed E-state index contributed by atoms with van der Waals surface area (Å²) in [4.78, 5) is 15.7. The van der Waals surface area contributed by atoms with Gasteiger partial charge in [-0.2, -0.15) is 5.10 Å². The van der Waals surface area contributed by atoms with Gasteiger partial charge in [0.1, 0.15) is 6.33 Å². The number of hydrogen-bond acceptors (Lipinski definition) is 6. The highest BCUT2D eigenvalue weighted by Crippen LogP contribution is 2.42. The number of aryl methyl sites for hydroxylation is 1. The molecule has 36 heavy (non-hydrogen) atoms. The zero-order valence-electron chi connectivity index (χ0n) is 21.8. The van der Waals surface area contributed by atoms with E-state index < -0.39 is 0 Å². The van der Waals surface area contributed by atoms with E-state index in [4.69, 9.17) is 14.5 Å². The Morgan fingerprint density at radius 3 is 2.61 bits per heavy atom. The van der Waals surface area contributed by atoms with E-state index in [0.29, 0.717) is 23.6 Å². The zero-order valence-corrected chi connectivity index (χ0v) is 21.8. The van der Waals surface area contributed by atoms with E-state index >= 15 is 0 Å². The van der Waals surface area contributed by atoms with Crippen LogP contribution in [0.5, 0.6) is 5.75 Å². The Kier molecular flexibility index (Phi) is 6.17. The highest BCUT2D eigenvalue weighted by atomic mass is 16.5. The molecule has 0 atom stereocenters. The predicted octanol–water partition coefficient (Wildman–Crippen LogP) is 5.07. The van der Waals surface area contributed by atoms with Crippen LogP contribution in [0.15, 0.2) is 24.8 Å². The van der Waals surface area contributed by atoms with Crippen molar-refractivity contribution in [3.8, 4) is 17.0 Å². The third kappa shape index (κ3) is 3.96. The lowest BCUT2D eigenvalue weighted by Crippen LogP contribution is -2.44. The van der Waals surface area contributed by atoms with Crippen LogP contribution in [0.4, 0.5) is 0 Å². The largest absolute Gasteiger partial charge is 0.493 e. The first-order chi connectivity index (χ1) is 17.5. The molecule has 6 rings (SSSR count). The Hall–Kier alpha value is -2.97. The minimum Gasteiger partial charge on any atom is -0.493 e. The molecular weight excluding hydrogens is 452 g/mol. The maximum atomic E-state index is 5.64. The number of hydrogen-bond donors (Lipinski definition) is 1. The van der Waals surface area contributed by atoms with E-state index in [9.17, 15) is 0 Å². The number of nitrogens with zero attached hydrogens (tertiary/aromatic N) is 5. The Morgan fingerprint density at radius 2 is 1.89 bits per heavy atom. The first kappa shape index (κ1) is 23.4. The van der Waals surface area contributed by atoms with Crippen LogP contribution in [-0.4, -0.2) is 68.9 Å². The van der Waals surface area contributed by atoms with Crippen LogP contribution in [0.1, 0.15) is 68.2 Å². The van der Waals surface area contributed by atoms with Gasteiger partial charge in [-0.25, -0.2) is 9.50 Å². The van der Waals surface area contributed by atoms with Crippen LogP contribution in [-0.2, 0) is 4.74 Å². The van der Waals surface area contributed by atoms with E-state index in [1.807, 2.05) is 12.4 Å². The Labute approximate surface area is 212 Å². The SMILES string of the molecule is COc1cc(-c2[nH]c3cnc(C4CCC(N5CCOCC5)CC4)c(C)c3c2C(C)C)cn2ncnc12. The molecule has 2 fully saturated rings. The van der Waals surface area contributed by atoms with Gasteiger partial charge < -0.3 is 14.5 Å². The lowest BCUT2D eigenvalue weighted by molar-refractivity contribution is 0.00720. The van der Waals surface area contributed by atoms with Gasteiger partial charge in [-0.15, -0.1) is 0 Å². The first-order valence-electron chi connectivity index (χ1n) is 13.3. The molecule has 1 saturated carbocycles. The number of nitrogens with one attached hydrogen (secondary N) is 1. The summed E-state index contributed by atoms with van der Waals surface area (Å²) in [5.41, 5.74) is 7.88. The fourth-order valence-corrected chi connectivity index (χ4v) is 6.45. The summed E-state index contributed by atoms with van der Waals surface area (Å²) in [6.07, 6.45) is 10.5. The monoisotopic (exact) mass is 488 g/mol. The van der Waals surface area contributed by atoms with E-state index in [1.54, 1.807) is 18.0 Å². The summed E-state index contributed by atoms with van der Waals surface area (Å²) in [7, 11) is 1.68. The second kappa shape index (κ2) is 9.48. The van der Waals surface area contributed by atoms with E-state index in [2.05, 4.69) is 46.8 Å². The lowest BCUT2D eigenvalue weighted by atomic mass is 9.81. The molecule has 5 heterocycles. The van der Waals surface area contributed by atoms with Gasteiger partial charge in [0.05, 0.1) is 37.7 Å². The van der Waals surface area contributed by atoms with Crippen LogP contribution in [0.3, 0.4) is 0 Å². The maximum absolute atomic E-state index is 5.64. The standard InChI is InChI=1S/C28H36N6O2/c1-17(2)24-25-18(3)26(19-5-7-21(8-6-19)33-9-11-36-12-10-33)29-14-22(25)32-27(24)20-13-23(35-4)28-30-16-31-34(28)15-20/h13-17,19,21,32H,5-12H2,1-4H3. The predicted molar refractivity (Wildman–Crippen MR) is 141 cm³/mol. The van der Waals surface area contributed by atoms with Crippen molar-refractivity contribution < 1.29 is 9.47 Å². The van der Waals surface area contributed by atoms with Crippen LogP contribution in [0, 0.1) is 6.92 Å². The molecule has 4 aromatic heterocycles. The molecule has 4 aromatic rings. The van der Waals surface area contributed by atoms with Crippen molar-refractivity contribution in [3.05, 3.63) is 41.6 Å². The summed E-state index contributed by atoms with van der Waals surface area (Å²) >= 11 is 0. The molecule has 0 amide bonds. The van der Waals surface area contributed by atoms with Crippen molar-refractivity contribution in [1.29, 1.82) is 0 Å². The Morgan fingerprint density at radius 1 is 1.11 bits per heavy atom. The maximum Gasteiger partial charge on any atom is 0.197 e. The molecule has 8 heteroatoms. The van der Waals surface area contributed by atoms with Gasteiger partial charge in [0.2, 0.25) is 0 Å². The van der Waals surface area contributed by atoms with Gasteiger partial charge in [0.15, 0.2) is 11.4 Å². The molecule has 0 spiro atoms. The minimum absolute atomic E-state index is 0.345. The molecule has 1 aliphatic carbocycles. The number of H-pyrrole nitrogens is 1. The Balaban J connectivity index is 1.36. The third-order valence-corrected chi connectivity index (χ3v) is 8.23. The van der Waals surface area contributed by atoms with Crippen molar-refractivity contribution in [2.24, 2.45) is 0 Å². The highest BCUT2D eigenvalue weighted by molar-refractivity contribution is 5.94. The number of rotatable bonds is 5. The number of morpholine rings is 1. The molecule has 1 N–H and O–H groups in total. The van der Waals surface area contributed by atoms with Crippen LogP contribution in [0.2, 0.25) is 0 Å². The van der Waals surface area contributed by atoms with Crippen LogP contribution >= 0.6 is 0 Å². The zero-order chi connectivity index (χ0) is 24.8. The molecular formula is C28H36N6O2. The smallest absolute Gasteiger partial charge is 0.197 e. The molecule has 0 unspecified atom stereocenters. The quantitative estimate of drug-likeness (QED) is 0.422. The summed E-state index contributed by atoms with van der Waals surface area (Å²) in [6.45, 7) is 10.7. The normalized spacial score (nSPS) is 21.6. The van der Waals surface area contributed by atoms with E-state index in [0.717, 1.165) is 48.7 Å². The number of ether oxygens (including phenoxy) is 2. The average Bonchev–Trinajstić information content (AvgIpc) is 3.54. The fourth-order valence-electron chi connectivity index (χ4n) is 6.45. The second-order valence-electron chi connectivity index (χ2n) is 10.6. The number of pyridine rings is 2. The summed E-state index contributed by atoms with van der Waals surface area (Å²) < 4.78 is 13.0. The van der Waals surface area contributed by atoms with Crippen molar-refractivity contribution in [1.82, 2.24) is 29.5 Å². The van der Waals surface area contributed by atoms with E-state index in [-0.39, 0.29) is 0 Å². The summed E-state index contributed by atoms with van der Waals surface area (Å²) in [5.74, 6) is 1.58. The number of aromatic nitrogens is 5. The molecule has 0 aromatic carbocycles. The van der Waals surface area contributed by atoms with Crippen molar-refractivity contribution in [2.45, 2.75) is 64.3 Å². The Bertz CT molecular complexity index is 1380. The number of aromatic amines is 1. The fraction of sp³-hybridized carbons (Fsp3) is 0.536. The van der Waals surface area contributed by atoms with Crippen LogP contribution in [0.25, 0.3) is 27.8 Å². The molecule has 1 aliphatic heterocycles. The lowest BCUT2D eigenvalue weighted by Gasteiger charge is -2.38.